The third kappa shape index (κ3) is 4.09. The van der Waals surface area contributed by atoms with Gasteiger partial charge < -0.3 is 4.74 Å². The second kappa shape index (κ2) is 7.44. The van der Waals surface area contributed by atoms with Crippen molar-refractivity contribution in [2.24, 2.45) is 0 Å². The van der Waals surface area contributed by atoms with E-state index in [-0.39, 0.29) is 16.9 Å². The number of halogens is 1. The van der Waals surface area contributed by atoms with Crippen molar-refractivity contribution in [3.8, 4) is 6.07 Å². The van der Waals surface area contributed by atoms with E-state index in [0.29, 0.717) is 16.1 Å². The van der Waals surface area contributed by atoms with Crippen molar-refractivity contribution in [2.75, 3.05) is 0 Å². The number of nitriles is 1. The second-order valence-corrected chi connectivity index (χ2v) is 5.30. The molecular weight excluding hydrogens is 310 g/mol. The van der Waals surface area contributed by atoms with Crippen molar-refractivity contribution in [1.82, 2.24) is 0 Å². The lowest BCUT2D eigenvalue weighted by molar-refractivity contribution is -0.132. The van der Waals surface area contributed by atoms with Crippen molar-refractivity contribution in [1.29, 1.82) is 5.26 Å². The SMILES string of the molecule is C=C(C)C(=O)OC(=C(C#N)c1ccc(Cl)cc1)c1ccccc1. The van der Waals surface area contributed by atoms with E-state index in [4.69, 9.17) is 16.3 Å². The number of rotatable bonds is 4. The predicted octanol–water partition coefficient (Wildman–Crippen LogP) is 4.85. The predicted molar refractivity (Wildman–Crippen MR) is 91.2 cm³/mol. The molecule has 0 atom stereocenters. The lowest BCUT2D eigenvalue weighted by Crippen LogP contribution is -2.06. The molecule has 0 saturated carbocycles. The van der Waals surface area contributed by atoms with Crippen LogP contribution in [0.5, 0.6) is 0 Å². The molecular formula is C19H14ClNO2. The van der Waals surface area contributed by atoms with Crippen LogP contribution in [0.4, 0.5) is 0 Å². The summed E-state index contributed by atoms with van der Waals surface area (Å²) in [6.07, 6.45) is 0. The molecule has 0 saturated heterocycles. The van der Waals surface area contributed by atoms with Gasteiger partial charge in [0, 0.05) is 16.2 Å². The maximum atomic E-state index is 11.9. The Morgan fingerprint density at radius 1 is 1.09 bits per heavy atom. The van der Waals surface area contributed by atoms with E-state index in [1.165, 1.54) is 0 Å². The standard InChI is InChI=1S/C19H14ClNO2/c1-13(2)19(22)23-18(15-6-4-3-5-7-15)17(12-21)14-8-10-16(20)11-9-14/h3-11H,1H2,2H3. The summed E-state index contributed by atoms with van der Waals surface area (Å²) in [7, 11) is 0. The number of allylic oxidation sites excluding steroid dienone is 1. The zero-order valence-corrected chi connectivity index (χ0v) is 13.3. The van der Waals surface area contributed by atoms with Crippen LogP contribution in [0.1, 0.15) is 18.1 Å². The monoisotopic (exact) mass is 323 g/mol. The number of carbonyl (C=O) groups is 1. The number of ether oxygens (including phenoxy) is 1. The van der Waals surface area contributed by atoms with E-state index in [1.807, 2.05) is 6.07 Å². The molecule has 0 spiro atoms. The van der Waals surface area contributed by atoms with E-state index in [0.717, 1.165) is 0 Å². The highest BCUT2D eigenvalue weighted by Gasteiger charge is 2.17. The molecule has 2 aromatic carbocycles. The smallest absolute Gasteiger partial charge is 0.338 e. The molecule has 0 bridgehead atoms. The second-order valence-electron chi connectivity index (χ2n) is 4.86. The van der Waals surface area contributed by atoms with Gasteiger partial charge in [-0.15, -0.1) is 0 Å². The van der Waals surface area contributed by atoms with Crippen LogP contribution in [-0.4, -0.2) is 5.97 Å². The minimum atomic E-state index is -0.578. The number of hydrogen-bond acceptors (Lipinski definition) is 3. The molecule has 0 fully saturated rings. The lowest BCUT2D eigenvalue weighted by atomic mass is 10.0. The fourth-order valence-corrected chi connectivity index (χ4v) is 2.01. The first kappa shape index (κ1) is 16.5. The molecule has 0 unspecified atom stereocenters. The van der Waals surface area contributed by atoms with Crippen molar-refractivity contribution >= 4 is 28.9 Å². The van der Waals surface area contributed by atoms with Crippen molar-refractivity contribution < 1.29 is 9.53 Å². The number of esters is 1. The van der Waals surface area contributed by atoms with Crippen LogP contribution < -0.4 is 0 Å². The van der Waals surface area contributed by atoms with Crippen molar-refractivity contribution in [3.63, 3.8) is 0 Å². The average molecular weight is 324 g/mol. The van der Waals surface area contributed by atoms with Crippen LogP contribution in [-0.2, 0) is 9.53 Å². The van der Waals surface area contributed by atoms with Crippen LogP contribution in [0.15, 0.2) is 66.7 Å². The first-order chi connectivity index (χ1) is 11.0. The van der Waals surface area contributed by atoms with Crippen LogP contribution in [0.2, 0.25) is 5.02 Å². The topological polar surface area (TPSA) is 50.1 Å². The Morgan fingerprint density at radius 3 is 2.22 bits per heavy atom. The van der Waals surface area contributed by atoms with Gasteiger partial charge in [0.15, 0.2) is 5.76 Å². The van der Waals surface area contributed by atoms with Gasteiger partial charge in [-0.25, -0.2) is 4.79 Å². The Bertz CT molecular complexity index is 800. The summed E-state index contributed by atoms with van der Waals surface area (Å²) in [5, 5.41) is 10.1. The number of hydrogen-bond donors (Lipinski definition) is 0. The quantitative estimate of drug-likeness (QED) is 0.266. The maximum Gasteiger partial charge on any atom is 0.338 e. The summed E-state index contributed by atoms with van der Waals surface area (Å²) < 4.78 is 5.42. The summed E-state index contributed by atoms with van der Waals surface area (Å²) in [6, 6.07) is 17.9. The Morgan fingerprint density at radius 2 is 1.70 bits per heavy atom. The first-order valence-corrected chi connectivity index (χ1v) is 7.24. The summed E-state index contributed by atoms with van der Waals surface area (Å²) in [5.41, 5.74) is 1.76. The molecule has 2 rings (SSSR count). The van der Waals surface area contributed by atoms with Crippen LogP contribution in [0.25, 0.3) is 11.3 Å². The fraction of sp³-hybridized carbons (Fsp3) is 0.0526. The molecule has 4 heteroatoms. The van der Waals surface area contributed by atoms with E-state index in [9.17, 15) is 10.1 Å². The molecule has 23 heavy (non-hydrogen) atoms. The zero-order chi connectivity index (χ0) is 16.8. The van der Waals surface area contributed by atoms with E-state index < -0.39 is 5.97 Å². The van der Waals surface area contributed by atoms with Gasteiger partial charge in [0.1, 0.15) is 11.6 Å². The Balaban J connectivity index is 2.61. The Hall–Kier alpha value is -2.83. The van der Waals surface area contributed by atoms with Crippen molar-refractivity contribution in [2.45, 2.75) is 6.92 Å². The number of carbonyl (C=O) groups excluding carboxylic acids is 1. The molecule has 0 aliphatic heterocycles. The fourth-order valence-electron chi connectivity index (χ4n) is 1.89. The molecule has 0 amide bonds. The van der Waals surface area contributed by atoms with Gasteiger partial charge >= 0.3 is 5.97 Å². The highest BCUT2D eigenvalue weighted by Crippen LogP contribution is 2.28. The first-order valence-electron chi connectivity index (χ1n) is 6.86. The van der Waals surface area contributed by atoms with Gasteiger partial charge in [-0.2, -0.15) is 5.26 Å². The third-order valence-electron chi connectivity index (χ3n) is 3.05. The van der Waals surface area contributed by atoms with Crippen LogP contribution in [0.3, 0.4) is 0 Å². The molecule has 114 valence electrons. The lowest BCUT2D eigenvalue weighted by Gasteiger charge is -2.12. The third-order valence-corrected chi connectivity index (χ3v) is 3.30. The van der Waals surface area contributed by atoms with E-state index >= 15 is 0 Å². The van der Waals surface area contributed by atoms with Gasteiger partial charge in [0.25, 0.3) is 0 Å². The van der Waals surface area contributed by atoms with Gasteiger partial charge in [0.05, 0.1) is 0 Å². The molecule has 0 radical (unpaired) electrons. The van der Waals surface area contributed by atoms with Gasteiger partial charge in [-0.3, -0.25) is 0 Å². The van der Waals surface area contributed by atoms with Gasteiger partial charge in [0.2, 0.25) is 0 Å². The largest absolute Gasteiger partial charge is 0.421 e. The molecule has 0 heterocycles. The van der Waals surface area contributed by atoms with E-state index in [1.54, 1.807) is 55.5 Å². The molecule has 3 nitrogen and oxygen atoms in total. The molecule has 0 aliphatic rings. The number of nitrogens with zero attached hydrogens (tertiary/aromatic N) is 1. The summed E-state index contributed by atoms with van der Waals surface area (Å²) >= 11 is 5.89. The summed E-state index contributed by atoms with van der Waals surface area (Å²) in [5.74, 6) is -0.381. The van der Waals surface area contributed by atoms with Crippen molar-refractivity contribution in [3.05, 3.63) is 82.9 Å². The highest BCUT2D eigenvalue weighted by molar-refractivity contribution is 6.30. The maximum absolute atomic E-state index is 11.9. The highest BCUT2D eigenvalue weighted by atomic mass is 35.5. The van der Waals surface area contributed by atoms with Gasteiger partial charge in [-0.1, -0.05) is 60.6 Å². The minimum absolute atomic E-state index is 0.198. The molecule has 0 aliphatic carbocycles. The van der Waals surface area contributed by atoms with Gasteiger partial charge in [-0.05, 0) is 24.6 Å². The molecule has 0 N–H and O–H groups in total. The summed E-state index contributed by atoms with van der Waals surface area (Å²) in [4.78, 5) is 11.9. The summed E-state index contributed by atoms with van der Waals surface area (Å²) in [6.45, 7) is 5.13. The molecule has 0 aromatic heterocycles. The average Bonchev–Trinajstić information content (AvgIpc) is 2.56. The number of benzene rings is 2. The molecule has 2 aromatic rings. The van der Waals surface area contributed by atoms with E-state index in [2.05, 4.69) is 12.6 Å². The zero-order valence-electron chi connectivity index (χ0n) is 12.5. The van der Waals surface area contributed by atoms with Crippen LogP contribution in [0, 0.1) is 11.3 Å². The Labute approximate surface area is 140 Å². The Kier molecular flexibility index (Phi) is 5.35. The normalized spacial score (nSPS) is 11.2. The van der Waals surface area contributed by atoms with Crippen LogP contribution >= 0.6 is 11.6 Å². The minimum Gasteiger partial charge on any atom is -0.421 e.